The van der Waals surface area contributed by atoms with E-state index in [0.717, 1.165) is 31.4 Å². The summed E-state index contributed by atoms with van der Waals surface area (Å²) >= 11 is 0. The van der Waals surface area contributed by atoms with E-state index in [9.17, 15) is 4.79 Å². The first-order valence-electron chi connectivity index (χ1n) is 7.34. The summed E-state index contributed by atoms with van der Waals surface area (Å²) in [6.45, 7) is 5.80. The van der Waals surface area contributed by atoms with Gasteiger partial charge in [0, 0.05) is 32.4 Å². The Morgan fingerprint density at radius 3 is 2.50 bits per heavy atom. The number of hydrogen-bond donors (Lipinski definition) is 2. The molecule has 5 nitrogen and oxygen atoms in total. The van der Waals surface area contributed by atoms with Crippen molar-refractivity contribution in [3.05, 3.63) is 23.9 Å². The van der Waals surface area contributed by atoms with Gasteiger partial charge < -0.3 is 15.5 Å². The highest BCUT2D eigenvalue weighted by Gasteiger charge is 2.17. The van der Waals surface area contributed by atoms with E-state index in [2.05, 4.69) is 27.4 Å². The summed E-state index contributed by atoms with van der Waals surface area (Å²) in [5.74, 6) is 1.72. The Bertz CT molecular complexity index is 434. The van der Waals surface area contributed by atoms with Crippen LogP contribution >= 0.6 is 24.8 Å². The van der Waals surface area contributed by atoms with Crippen LogP contribution in [-0.4, -0.2) is 44.1 Å². The molecular formula is C15H26Cl2N4O. The molecule has 1 aliphatic heterocycles. The molecule has 0 saturated carbocycles. The van der Waals surface area contributed by atoms with Gasteiger partial charge in [0.2, 0.25) is 0 Å². The molecule has 1 saturated heterocycles. The van der Waals surface area contributed by atoms with E-state index in [0.29, 0.717) is 12.1 Å². The molecule has 0 aromatic carbocycles. The van der Waals surface area contributed by atoms with Gasteiger partial charge in [-0.15, -0.1) is 24.8 Å². The van der Waals surface area contributed by atoms with Crippen molar-refractivity contribution in [2.45, 2.75) is 19.8 Å². The Morgan fingerprint density at radius 2 is 1.95 bits per heavy atom. The predicted octanol–water partition coefficient (Wildman–Crippen LogP) is 2.11. The standard InChI is InChI=1S/C15H24N4O.2ClH/c1-12-5-9-19(10-6-12)14-4-3-13(11-18-14)15(20)17-8-7-16-2;;/h3-4,11-12,16H,5-10H2,1-2H3,(H,17,20);2*1H. The molecule has 22 heavy (non-hydrogen) atoms. The molecule has 0 bridgehead atoms. The molecule has 2 heterocycles. The summed E-state index contributed by atoms with van der Waals surface area (Å²) < 4.78 is 0. The molecule has 1 aromatic heterocycles. The first-order chi connectivity index (χ1) is 9.70. The van der Waals surface area contributed by atoms with Crippen molar-refractivity contribution >= 4 is 36.5 Å². The predicted molar refractivity (Wildman–Crippen MR) is 95.6 cm³/mol. The Hall–Kier alpha value is -1.04. The molecule has 1 aromatic rings. The first-order valence-corrected chi connectivity index (χ1v) is 7.34. The Labute approximate surface area is 145 Å². The van der Waals surface area contributed by atoms with Crippen LogP contribution in [0.5, 0.6) is 0 Å². The van der Waals surface area contributed by atoms with E-state index >= 15 is 0 Å². The van der Waals surface area contributed by atoms with Crippen molar-refractivity contribution in [1.82, 2.24) is 15.6 Å². The molecule has 0 aliphatic carbocycles. The number of nitrogens with zero attached hydrogens (tertiary/aromatic N) is 2. The Kier molecular flexibility index (Phi) is 10.1. The molecule has 2 rings (SSSR count). The first kappa shape index (κ1) is 21.0. The Morgan fingerprint density at radius 1 is 1.27 bits per heavy atom. The summed E-state index contributed by atoms with van der Waals surface area (Å²) in [7, 11) is 1.86. The highest BCUT2D eigenvalue weighted by molar-refractivity contribution is 5.94. The van der Waals surface area contributed by atoms with Crippen LogP contribution < -0.4 is 15.5 Å². The van der Waals surface area contributed by atoms with Crippen LogP contribution in [0.25, 0.3) is 0 Å². The molecule has 0 unspecified atom stereocenters. The third kappa shape index (κ3) is 5.99. The third-order valence-electron chi connectivity index (χ3n) is 3.78. The molecule has 0 radical (unpaired) electrons. The van der Waals surface area contributed by atoms with E-state index in [1.807, 2.05) is 19.2 Å². The fourth-order valence-corrected chi connectivity index (χ4v) is 2.35. The van der Waals surface area contributed by atoms with Gasteiger partial charge in [-0.2, -0.15) is 0 Å². The lowest BCUT2D eigenvalue weighted by Crippen LogP contribution is -2.33. The number of aromatic nitrogens is 1. The van der Waals surface area contributed by atoms with Crippen LogP contribution in [0, 0.1) is 5.92 Å². The van der Waals surface area contributed by atoms with E-state index in [1.165, 1.54) is 12.8 Å². The average molecular weight is 349 g/mol. The normalized spacial score (nSPS) is 14.7. The van der Waals surface area contributed by atoms with Crippen LogP contribution in [-0.2, 0) is 0 Å². The van der Waals surface area contributed by atoms with Gasteiger partial charge in [0.1, 0.15) is 5.82 Å². The zero-order valence-electron chi connectivity index (χ0n) is 13.2. The molecule has 2 N–H and O–H groups in total. The lowest BCUT2D eigenvalue weighted by molar-refractivity contribution is 0.0954. The van der Waals surface area contributed by atoms with Gasteiger partial charge in [0.05, 0.1) is 5.56 Å². The maximum atomic E-state index is 11.9. The molecule has 1 fully saturated rings. The number of pyridine rings is 1. The minimum atomic E-state index is -0.0634. The van der Waals surface area contributed by atoms with Gasteiger partial charge in [0.15, 0.2) is 0 Å². The molecule has 1 amide bonds. The Balaban J connectivity index is 0.00000220. The molecule has 0 atom stereocenters. The minimum absolute atomic E-state index is 0. The maximum absolute atomic E-state index is 11.9. The molecule has 7 heteroatoms. The quantitative estimate of drug-likeness (QED) is 0.800. The summed E-state index contributed by atoms with van der Waals surface area (Å²) in [4.78, 5) is 18.6. The number of halogens is 2. The second kappa shape index (κ2) is 10.6. The van der Waals surface area contributed by atoms with Gasteiger partial charge in [-0.1, -0.05) is 6.92 Å². The lowest BCUT2D eigenvalue weighted by atomic mass is 9.99. The highest BCUT2D eigenvalue weighted by Crippen LogP contribution is 2.21. The maximum Gasteiger partial charge on any atom is 0.252 e. The molecule has 1 aliphatic rings. The van der Waals surface area contributed by atoms with Crippen molar-refractivity contribution in [2.24, 2.45) is 5.92 Å². The zero-order valence-corrected chi connectivity index (χ0v) is 14.8. The molecule has 0 spiro atoms. The van der Waals surface area contributed by atoms with E-state index in [-0.39, 0.29) is 30.7 Å². The molecular weight excluding hydrogens is 323 g/mol. The summed E-state index contributed by atoms with van der Waals surface area (Å²) in [5, 5.41) is 5.84. The van der Waals surface area contributed by atoms with Crippen molar-refractivity contribution in [1.29, 1.82) is 0 Å². The van der Waals surface area contributed by atoms with Gasteiger partial charge in [-0.25, -0.2) is 4.98 Å². The second-order valence-corrected chi connectivity index (χ2v) is 5.43. The zero-order chi connectivity index (χ0) is 14.4. The SMILES string of the molecule is CNCCNC(=O)c1ccc(N2CCC(C)CC2)nc1.Cl.Cl. The van der Waals surface area contributed by atoms with Crippen LogP contribution in [0.1, 0.15) is 30.1 Å². The number of nitrogens with one attached hydrogen (secondary N) is 2. The third-order valence-corrected chi connectivity index (χ3v) is 3.78. The fraction of sp³-hybridized carbons (Fsp3) is 0.600. The van der Waals surface area contributed by atoms with Gasteiger partial charge in [-0.05, 0) is 37.9 Å². The van der Waals surface area contributed by atoms with Crippen molar-refractivity contribution in [2.75, 3.05) is 38.1 Å². The van der Waals surface area contributed by atoms with Crippen molar-refractivity contribution in [3.63, 3.8) is 0 Å². The molecule has 126 valence electrons. The average Bonchev–Trinajstić information content (AvgIpc) is 2.48. The largest absolute Gasteiger partial charge is 0.357 e. The van der Waals surface area contributed by atoms with E-state index < -0.39 is 0 Å². The van der Waals surface area contributed by atoms with Gasteiger partial charge >= 0.3 is 0 Å². The van der Waals surface area contributed by atoms with Crippen molar-refractivity contribution in [3.8, 4) is 0 Å². The highest BCUT2D eigenvalue weighted by atomic mass is 35.5. The number of amides is 1. The smallest absolute Gasteiger partial charge is 0.252 e. The van der Waals surface area contributed by atoms with Gasteiger partial charge in [-0.3, -0.25) is 4.79 Å². The number of hydrogen-bond acceptors (Lipinski definition) is 4. The second-order valence-electron chi connectivity index (χ2n) is 5.43. The topological polar surface area (TPSA) is 57.3 Å². The number of piperidine rings is 1. The number of likely N-dealkylation sites (N-methyl/N-ethyl adjacent to an activating group) is 1. The summed E-state index contributed by atoms with van der Waals surface area (Å²) in [5.41, 5.74) is 0.621. The number of carbonyl (C=O) groups is 1. The fourth-order valence-electron chi connectivity index (χ4n) is 2.35. The number of anilines is 1. The van der Waals surface area contributed by atoms with Crippen LogP contribution in [0.15, 0.2) is 18.3 Å². The number of rotatable bonds is 5. The van der Waals surface area contributed by atoms with Crippen LogP contribution in [0.3, 0.4) is 0 Å². The van der Waals surface area contributed by atoms with Crippen LogP contribution in [0.2, 0.25) is 0 Å². The number of carbonyl (C=O) groups excluding carboxylic acids is 1. The lowest BCUT2D eigenvalue weighted by Gasteiger charge is -2.31. The van der Waals surface area contributed by atoms with Crippen molar-refractivity contribution < 1.29 is 4.79 Å². The van der Waals surface area contributed by atoms with E-state index in [4.69, 9.17) is 0 Å². The minimum Gasteiger partial charge on any atom is -0.357 e. The van der Waals surface area contributed by atoms with E-state index in [1.54, 1.807) is 6.20 Å². The summed E-state index contributed by atoms with van der Waals surface area (Å²) in [6, 6.07) is 3.80. The monoisotopic (exact) mass is 348 g/mol. The van der Waals surface area contributed by atoms with Crippen LogP contribution in [0.4, 0.5) is 5.82 Å². The summed E-state index contributed by atoms with van der Waals surface area (Å²) in [6.07, 6.45) is 4.10. The van der Waals surface area contributed by atoms with Gasteiger partial charge in [0.25, 0.3) is 5.91 Å².